The van der Waals surface area contributed by atoms with Crippen LogP contribution in [-0.4, -0.2) is 51.5 Å². The predicted octanol–water partition coefficient (Wildman–Crippen LogP) is 1.29. The first-order valence-corrected chi connectivity index (χ1v) is 7.76. The summed E-state index contributed by atoms with van der Waals surface area (Å²) in [4.78, 5) is 10.4. The fourth-order valence-corrected chi connectivity index (χ4v) is 2.87. The lowest BCUT2D eigenvalue weighted by atomic mass is 10.2. The number of rotatable bonds is 8. The maximum Gasteiger partial charge on any atom is 0.292 e. The molecule has 118 valence electrons. The summed E-state index contributed by atoms with van der Waals surface area (Å²) < 4.78 is 30.7. The van der Waals surface area contributed by atoms with Crippen LogP contribution in [-0.2, 0) is 14.8 Å². The second kappa shape index (κ2) is 7.34. The number of nitro benzene ring substituents is 1. The molecule has 0 radical (unpaired) electrons. The van der Waals surface area contributed by atoms with Crippen LogP contribution in [0.2, 0.25) is 0 Å². The number of ether oxygens (including phenoxy) is 1. The van der Waals surface area contributed by atoms with Crippen molar-refractivity contribution in [2.45, 2.75) is 11.8 Å². The Morgan fingerprint density at radius 2 is 2.10 bits per heavy atom. The van der Waals surface area contributed by atoms with Gasteiger partial charge in [0.1, 0.15) is 5.69 Å². The average molecular weight is 317 g/mol. The Kier molecular flexibility index (Phi) is 6.06. The average Bonchev–Trinajstić information content (AvgIpc) is 2.44. The summed E-state index contributed by atoms with van der Waals surface area (Å²) in [5.41, 5.74) is 0.0269. The van der Waals surface area contributed by atoms with E-state index in [1.54, 1.807) is 6.92 Å². The molecule has 1 aromatic carbocycles. The molecule has 0 aliphatic carbocycles. The van der Waals surface area contributed by atoms with Gasteiger partial charge in [0.15, 0.2) is 0 Å². The van der Waals surface area contributed by atoms with Gasteiger partial charge in [-0.3, -0.25) is 10.1 Å². The molecule has 1 N–H and O–H groups in total. The van der Waals surface area contributed by atoms with E-state index in [2.05, 4.69) is 5.32 Å². The molecule has 0 atom stereocenters. The van der Waals surface area contributed by atoms with Gasteiger partial charge in [-0.05, 0) is 19.1 Å². The molecule has 21 heavy (non-hydrogen) atoms. The number of anilines is 1. The molecule has 8 nitrogen and oxygen atoms in total. The van der Waals surface area contributed by atoms with Crippen LogP contribution in [0.15, 0.2) is 23.1 Å². The van der Waals surface area contributed by atoms with Crippen LogP contribution < -0.4 is 5.32 Å². The number of hydrogen-bond donors (Lipinski definition) is 1. The van der Waals surface area contributed by atoms with Gasteiger partial charge in [0.05, 0.1) is 16.4 Å². The standard InChI is InChI=1S/C12H19N3O5S/c1-4-13-11-9-10(5-6-12(11)15(16)17)21(18,19)14(2)7-8-20-3/h5-6,9,13H,4,7-8H2,1-3H3. The van der Waals surface area contributed by atoms with Gasteiger partial charge in [0.25, 0.3) is 5.69 Å². The Balaban J connectivity index is 3.18. The lowest BCUT2D eigenvalue weighted by molar-refractivity contribution is -0.384. The van der Waals surface area contributed by atoms with E-state index in [-0.39, 0.29) is 29.4 Å². The van der Waals surface area contributed by atoms with Crippen molar-refractivity contribution in [1.82, 2.24) is 4.31 Å². The minimum Gasteiger partial charge on any atom is -0.383 e. The molecule has 0 aliphatic rings. The van der Waals surface area contributed by atoms with Crippen molar-refractivity contribution >= 4 is 21.4 Å². The minimum atomic E-state index is -3.70. The molecular weight excluding hydrogens is 298 g/mol. The summed E-state index contributed by atoms with van der Waals surface area (Å²) in [6.45, 7) is 2.69. The smallest absolute Gasteiger partial charge is 0.292 e. The summed E-state index contributed by atoms with van der Waals surface area (Å²) in [7, 11) is -0.789. The van der Waals surface area contributed by atoms with E-state index in [1.165, 1.54) is 32.4 Å². The van der Waals surface area contributed by atoms with E-state index in [4.69, 9.17) is 4.74 Å². The van der Waals surface area contributed by atoms with Crippen LogP contribution >= 0.6 is 0 Å². The molecule has 0 aromatic heterocycles. The van der Waals surface area contributed by atoms with Crippen molar-refractivity contribution in [3.05, 3.63) is 28.3 Å². The van der Waals surface area contributed by atoms with Crippen LogP contribution in [0.3, 0.4) is 0 Å². The lowest BCUT2D eigenvalue weighted by Gasteiger charge is -2.17. The number of benzene rings is 1. The number of nitrogens with one attached hydrogen (secondary N) is 1. The third-order valence-corrected chi connectivity index (χ3v) is 4.70. The summed E-state index contributed by atoms with van der Waals surface area (Å²) in [5, 5.41) is 13.7. The molecule has 1 aromatic rings. The van der Waals surface area contributed by atoms with Gasteiger partial charge in [-0.15, -0.1) is 0 Å². The van der Waals surface area contributed by atoms with Gasteiger partial charge in [-0.2, -0.15) is 4.31 Å². The van der Waals surface area contributed by atoms with E-state index >= 15 is 0 Å². The van der Waals surface area contributed by atoms with Crippen LogP contribution in [0.25, 0.3) is 0 Å². The van der Waals surface area contributed by atoms with Gasteiger partial charge >= 0.3 is 0 Å². The highest BCUT2D eigenvalue weighted by Crippen LogP contribution is 2.28. The summed E-state index contributed by atoms with van der Waals surface area (Å²) >= 11 is 0. The van der Waals surface area contributed by atoms with Crippen molar-refractivity contribution in [1.29, 1.82) is 0 Å². The molecule has 0 saturated carbocycles. The van der Waals surface area contributed by atoms with Gasteiger partial charge in [-0.25, -0.2) is 8.42 Å². The third-order valence-electron chi connectivity index (χ3n) is 2.85. The van der Waals surface area contributed by atoms with E-state index in [9.17, 15) is 18.5 Å². The van der Waals surface area contributed by atoms with E-state index in [1.807, 2.05) is 0 Å². The van der Waals surface area contributed by atoms with Gasteiger partial charge < -0.3 is 10.1 Å². The van der Waals surface area contributed by atoms with E-state index in [0.717, 1.165) is 4.31 Å². The van der Waals surface area contributed by atoms with Crippen LogP contribution in [0, 0.1) is 10.1 Å². The Morgan fingerprint density at radius 3 is 2.62 bits per heavy atom. The molecule has 0 bridgehead atoms. The van der Waals surface area contributed by atoms with Crippen LogP contribution in [0.1, 0.15) is 6.92 Å². The quantitative estimate of drug-likeness (QED) is 0.572. The Morgan fingerprint density at radius 1 is 1.43 bits per heavy atom. The summed E-state index contributed by atoms with van der Waals surface area (Å²) in [6, 6.07) is 3.70. The first-order chi connectivity index (χ1) is 9.84. The van der Waals surface area contributed by atoms with E-state index < -0.39 is 14.9 Å². The van der Waals surface area contributed by atoms with Gasteiger partial charge in [0, 0.05) is 33.3 Å². The lowest BCUT2D eigenvalue weighted by Crippen LogP contribution is -2.30. The highest BCUT2D eigenvalue weighted by atomic mass is 32.2. The predicted molar refractivity (Wildman–Crippen MR) is 79.0 cm³/mol. The maximum atomic E-state index is 12.3. The molecule has 0 fully saturated rings. The third kappa shape index (κ3) is 4.13. The molecule has 9 heteroatoms. The highest BCUT2D eigenvalue weighted by molar-refractivity contribution is 7.89. The molecular formula is C12H19N3O5S. The Hall–Kier alpha value is -1.71. The fraction of sp³-hybridized carbons (Fsp3) is 0.500. The largest absolute Gasteiger partial charge is 0.383 e. The Bertz CT molecular complexity index is 603. The SMILES string of the molecule is CCNc1cc(S(=O)(=O)N(C)CCOC)ccc1[N+](=O)[O-]. The van der Waals surface area contributed by atoms with E-state index in [0.29, 0.717) is 6.54 Å². The summed E-state index contributed by atoms with van der Waals surface area (Å²) in [5.74, 6) is 0. The number of sulfonamides is 1. The molecule has 0 saturated heterocycles. The summed E-state index contributed by atoms with van der Waals surface area (Å²) in [6.07, 6.45) is 0. The number of likely N-dealkylation sites (N-methyl/N-ethyl adjacent to an activating group) is 1. The zero-order valence-corrected chi connectivity index (χ0v) is 13.0. The second-order valence-corrected chi connectivity index (χ2v) is 6.33. The van der Waals surface area contributed by atoms with Crippen LogP contribution in [0.4, 0.5) is 11.4 Å². The highest BCUT2D eigenvalue weighted by Gasteiger charge is 2.23. The number of nitrogens with zero attached hydrogens (tertiary/aromatic N) is 2. The maximum absolute atomic E-state index is 12.3. The molecule has 0 heterocycles. The molecule has 0 aliphatic heterocycles. The van der Waals surface area contributed by atoms with Crippen molar-refractivity contribution < 1.29 is 18.1 Å². The van der Waals surface area contributed by atoms with Crippen LogP contribution in [0.5, 0.6) is 0 Å². The Labute approximate surface area is 123 Å². The topological polar surface area (TPSA) is 102 Å². The second-order valence-electron chi connectivity index (χ2n) is 4.29. The first-order valence-electron chi connectivity index (χ1n) is 6.32. The van der Waals surface area contributed by atoms with Crippen molar-refractivity contribution in [2.75, 3.05) is 39.2 Å². The molecule has 0 amide bonds. The van der Waals surface area contributed by atoms with Crippen molar-refractivity contribution in [3.63, 3.8) is 0 Å². The molecule has 1 rings (SSSR count). The zero-order valence-electron chi connectivity index (χ0n) is 12.2. The minimum absolute atomic E-state index is 0.00246. The fourth-order valence-electron chi connectivity index (χ4n) is 1.69. The van der Waals surface area contributed by atoms with Gasteiger partial charge in [0.2, 0.25) is 10.0 Å². The monoisotopic (exact) mass is 317 g/mol. The molecule has 0 unspecified atom stereocenters. The number of nitro groups is 1. The normalized spacial score (nSPS) is 11.6. The number of hydrogen-bond acceptors (Lipinski definition) is 6. The van der Waals surface area contributed by atoms with Crippen molar-refractivity contribution in [3.8, 4) is 0 Å². The van der Waals surface area contributed by atoms with Crippen molar-refractivity contribution in [2.24, 2.45) is 0 Å². The first kappa shape index (κ1) is 17.3. The zero-order chi connectivity index (χ0) is 16.0. The van der Waals surface area contributed by atoms with Gasteiger partial charge in [-0.1, -0.05) is 0 Å². The number of methoxy groups -OCH3 is 1. The molecule has 0 spiro atoms.